The standard InChI is InChI=1S/C17H24F3N5O2/c18-17(19,20)10-21-16(27)12-3-1-5-24(8-12)14-7-15(23-11-22-14)25-6-2-4-13(25)9-26/h7,11-13,26H,1-6,8-10H2,(H,21,27). The van der Waals surface area contributed by atoms with E-state index in [9.17, 15) is 23.1 Å². The second-order valence-electron chi connectivity index (χ2n) is 7.02. The van der Waals surface area contributed by atoms with Crippen LogP contribution in [-0.2, 0) is 4.79 Å². The summed E-state index contributed by atoms with van der Waals surface area (Å²) in [7, 11) is 0. The molecule has 1 amide bonds. The molecule has 0 aromatic carbocycles. The van der Waals surface area contributed by atoms with Gasteiger partial charge in [-0.3, -0.25) is 4.79 Å². The molecule has 0 bridgehead atoms. The van der Waals surface area contributed by atoms with Gasteiger partial charge in [-0.05, 0) is 25.7 Å². The minimum absolute atomic E-state index is 0.0370. The van der Waals surface area contributed by atoms with Gasteiger partial charge in [-0.25, -0.2) is 9.97 Å². The van der Waals surface area contributed by atoms with Crippen molar-refractivity contribution in [2.45, 2.75) is 37.9 Å². The first-order chi connectivity index (χ1) is 12.9. The molecule has 0 spiro atoms. The molecule has 2 aliphatic heterocycles. The van der Waals surface area contributed by atoms with Gasteiger partial charge in [-0.2, -0.15) is 13.2 Å². The number of alkyl halides is 3. The van der Waals surface area contributed by atoms with E-state index in [1.165, 1.54) is 6.33 Å². The van der Waals surface area contributed by atoms with Crippen molar-refractivity contribution < 1.29 is 23.1 Å². The molecule has 0 radical (unpaired) electrons. The SMILES string of the molecule is O=C(NCC(F)(F)F)C1CCCN(c2cc(N3CCCC3CO)ncn2)C1. The van der Waals surface area contributed by atoms with Crippen LogP contribution in [0.25, 0.3) is 0 Å². The maximum Gasteiger partial charge on any atom is 0.405 e. The molecule has 2 saturated heterocycles. The maximum absolute atomic E-state index is 12.3. The highest BCUT2D eigenvalue weighted by Gasteiger charge is 2.32. The van der Waals surface area contributed by atoms with Gasteiger partial charge >= 0.3 is 6.18 Å². The predicted molar refractivity (Wildman–Crippen MR) is 93.5 cm³/mol. The van der Waals surface area contributed by atoms with Crippen molar-refractivity contribution in [1.29, 1.82) is 0 Å². The number of halogens is 3. The smallest absolute Gasteiger partial charge is 0.394 e. The molecule has 3 heterocycles. The van der Waals surface area contributed by atoms with Crippen molar-refractivity contribution in [2.75, 3.05) is 42.6 Å². The number of aliphatic hydroxyl groups is 1. The van der Waals surface area contributed by atoms with E-state index in [4.69, 9.17) is 0 Å². The molecular weight excluding hydrogens is 363 g/mol. The molecule has 2 atom stereocenters. The number of piperidine rings is 1. The Hall–Kier alpha value is -2.10. The lowest BCUT2D eigenvalue weighted by Gasteiger charge is -2.33. The summed E-state index contributed by atoms with van der Waals surface area (Å²) in [6.07, 6.45) is 0.176. The Morgan fingerprint density at radius 1 is 1.22 bits per heavy atom. The van der Waals surface area contributed by atoms with Crippen molar-refractivity contribution >= 4 is 17.5 Å². The average molecular weight is 387 g/mol. The zero-order valence-electron chi connectivity index (χ0n) is 15.0. The van der Waals surface area contributed by atoms with E-state index >= 15 is 0 Å². The van der Waals surface area contributed by atoms with Crippen molar-refractivity contribution in [3.8, 4) is 0 Å². The molecule has 27 heavy (non-hydrogen) atoms. The second kappa shape index (κ2) is 8.28. The van der Waals surface area contributed by atoms with Gasteiger partial charge in [-0.15, -0.1) is 0 Å². The van der Waals surface area contributed by atoms with Crippen LogP contribution in [0.5, 0.6) is 0 Å². The lowest BCUT2D eigenvalue weighted by atomic mass is 9.97. The van der Waals surface area contributed by atoms with Crippen molar-refractivity contribution in [2.24, 2.45) is 5.92 Å². The Kier molecular flexibility index (Phi) is 6.03. The fraction of sp³-hybridized carbons (Fsp3) is 0.706. The number of carbonyl (C=O) groups excluding carboxylic acids is 1. The number of anilines is 2. The second-order valence-corrected chi connectivity index (χ2v) is 7.02. The van der Waals surface area contributed by atoms with E-state index in [0.29, 0.717) is 31.7 Å². The average Bonchev–Trinajstić information content (AvgIpc) is 3.14. The first-order valence-electron chi connectivity index (χ1n) is 9.16. The van der Waals surface area contributed by atoms with Crippen LogP contribution in [0, 0.1) is 5.92 Å². The number of hydrogen-bond donors (Lipinski definition) is 2. The molecule has 1 aromatic rings. The Labute approximate surface area is 155 Å². The highest BCUT2D eigenvalue weighted by Crippen LogP contribution is 2.28. The number of hydrogen-bond acceptors (Lipinski definition) is 6. The Bertz CT molecular complexity index is 658. The fourth-order valence-electron chi connectivity index (χ4n) is 3.73. The maximum atomic E-state index is 12.3. The number of amides is 1. The molecule has 2 unspecified atom stereocenters. The largest absolute Gasteiger partial charge is 0.405 e. The number of aromatic nitrogens is 2. The third kappa shape index (κ3) is 5.00. The topological polar surface area (TPSA) is 81.6 Å². The summed E-state index contributed by atoms with van der Waals surface area (Å²) in [5, 5.41) is 11.5. The molecule has 0 saturated carbocycles. The summed E-state index contributed by atoms with van der Waals surface area (Å²) in [6.45, 7) is 0.568. The zero-order valence-corrected chi connectivity index (χ0v) is 15.0. The van der Waals surface area contributed by atoms with Gasteiger partial charge < -0.3 is 20.2 Å². The molecule has 150 valence electrons. The fourth-order valence-corrected chi connectivity index (χ4v) is 3.73. The van der Waals surface area contributed by atoms with Crippen LogP contribution < -0.4 is 15.1 Å². The van der Waals surface area contributed by atoms with Crippen LogP contribution in [0.4, 0.5) is 24.8 Å². The van der Waals surface area contributed by atoms with Crippen LogP contribution in [0.15, 0.2) is 12.4 Å². The normalized spacial score (nSPS) is 23.6. The quantitative estimate of drug-likeness (QED) is 0.794. The van der Waals surface area contributed by atoms with E-state index < -0.39 is 24.5 Å². The minimum atomic E-state index is -4.41. The molecule has 2 aliphatic rings. The van der Waals surface area contributed by atoms with Crippen LogP contribution in [0.2, 0.25) is 0 Å². The van der Waals surface area contributed by atoms with E-state index in [-0.39, 0.29) is 12.6 Å². The molecule has 2 fully saturated rings. The monoisotopic (exact) mass is 387 g/mol. The van der Waals surface area contributed by atoms with Crippen molar-refractivity contribution in [3.05, 3.63) is 12.4 Å². The van der Waals surface area contributed by atoms with Gasteiger partial charge in [0.25, 0.3) is 0 Å². The highest BCUT2D eigenvalue weighted by molar-refractivity contribution is 5.79. The summed E-state index contributed by atoms with van der Waals surface area (Å²) in [5.74, 6) is 0.291. The van der Waals surface area contributed by atoms with Crippen LogP contribution in [0.3, 0.4) is 0 Å². The summed E-state index contributed by atoms with van der Waals surface area (Å²) < 4.78 is 36.9. The number of nitrogens with zero attached hydrogens (tertiary/aromatic N) is 4. The number of carbonyl (C=O) groups is 1. The minimum Gasteiger partial charge on any atom is -0.394 e. The van der Waals surface area contributed by atoms with Crippen LogP contribution >= 0.6 is 0 Å². The first-order valence-corrected chi connectivity index (χ1v) is 9.16. The third-order valence-corrected chi connectivity index (χ3v) is 5.10. The van der Waals surface area contributed by atoms with E-state index in [0.717, 1.165) is 25.2 Å². The summed E-state index contributed by atoms with van der Waals surface area (Å²) in [5.41, 5.74) is 0. The van der Waals surface area contributed by atoms with Gasteiger partial charge in [0.15, 0.2) is 0 Å². The van der Waals surface area contributed by atoms with Gasteiger partial charge in [0.1, 0.15) is 24.5 Å². The van der Waals surface area contributed by atoms with Gasteiger partial charge in [0, 0.05) is 25.7 Å². The van der Waals surface area contributed by atoms with Crippen LogP contribution in [0.1, 0.15) is 25.7 Å². The molecule has 2 N–H and O–H groups in total. The van der Waals surface area contributed by atoms with Crippen molar-refractivity contribution in [3.63, 3.8) is 0 Å². The lowest BCUT2D eigenvalue weighted by Crippen LogP contribution is -2.45. The van der Waals surface area contributed by atoms with E-state index in [1.54, 1.807) is 0 Å². The van der Waals surface area contributed by atoms with Gasteiger partial charge in [0.05, 0.1) is 18.6 Å². The lowest BCUT2D eigenvalue weighted by molar-refractivity contribution is -0.140. The molecule has 7 nitrogen and oxygen atoms in total. The Morgan fingerprint density at radius 2 is 1.96 bits per heavy atom. The predicted octanol–water partition coefficient (Wildman–Crippen LogP) is 1.33. The van der Waals surface area contributed by atoms with Crippen LogP contribution in [-0.4, -0.2) is 66.0 Å². The number of rotatable bonds is 5. The first kappa shape index (κ1) is 19.7. The van der Waals surface area contributed by atoms with E-state index in [1.807, 2.05) is 21.2 Å². The molecular formula is C17H24F3N5O2. The Balaban J connectivity index is 1.66. The van der Waals surface area contributed by atoms with Gasteiger partial charge in [-0.1, -0.05) is 0 Å². The molecule has 10 heteroatoms. The third-order valence-electron chi connectivity index (χ3n) is 5.10. The van der Waals surface area contributed by atoms with Gasteiger partial charge in [0.2, 0.25) is 5.91 Å². The molecule has 0 aliphatic carbocycles. The number of aliphatic hydroxyl groups excluding tert-OH is 1. The molecule has 3 rings (SSSR count). The highest BCUT2D eigenvalue weighted by atomic mass is 19.4. The summed E-state index contributed by atoms with van der Waals surface area (Å²) >= 11 is 0. The number of nitrogens with one attached hydrogen (secondary N) is 1. The summed E-state index contributed by atoms with van der Waals surface area (Å²) in [6, 6.07) is 1.86. The summed E-state index contributed by atoms with van der Waals surface area (Å²) in [4.78, 5) is 24.6. The zero-order chi connectivity index (χ0) is 19.4. The van der Waals surface area contributed by atoms with Crippen molar-refractivity contribution in [1.82, 2.24) is 15.3 Å². The Morgan fingerprint density at radius 3 is 2.70 bits per heavy atom. The van der Waals surface area contributed by atoms with E-state index in [2.05, 4.69) is 9.97 Å². The molecule has 1 aromatic heterocycles.